The normalized spacial score (nSPS) is 10.6. The molecule has 0 spiro atoms. The molecule has 0 fully saturated rings. The molecule has 106 valence electrons. The van der Waals surface area contributed by atoms with E-state index in [1.807, 2.05) is 30.3 Å². The Morgan fingerprint density at radius 1 is 1.19 bits per heavy atom. The average molecular weight is 303 g/mol. The minimum atomic E-state index is -0.461. The molecule has 4 nitrogen and oxygen atoms in total. The summed E-state index contributed by atoms with van der Waals surface area (Å²) in [6.45, 7) is 0.481. The number of hydrogen-bond acceptors (Lipinski definition) is 3. The van der Waals surface area contributed by atoms with Gasteiger partial charge in [0.25, 0.3) is 0 Å². The molecule has 2 N–H and O–H groups in total. The molecule has 0 atom stereocenters. The highest BCUT2D eigenvalue weighted by molar-refractivity contribution is 6.30. The predicted octanol–water partition coefficient (Wildman–Crippen LogP) is 3.88. The van der Waals surface area contributed by atoms with Gasteiger partial charge in [-0.15, -0.1) is 0 Å². The molecule has 2 aromatic heterocycles. The van der Waals surface area contributed by atoms with Crippen LogP contribution in [0.3, 0.4) is 0 Å². The van der Waals surface area contributed by atoms with Crippen molar-refractivity contribution in [2.45, 2.75) is 6.54 Å². The number of aromatic amines is 1. The highest BCUT2D eigenvalue weighted by atomic mass is 35.5. The summed E-state index contributed by atoms with van der Waals surface area (Å²) in [5, 5.41) is 10.0. The Balaban J connectivity index is 1.68. The minimum Gasteiger partial charge on any atom is -0.364 e. The molecule has 6 heteroatoms. The lowest BCUT2D eigenvalue weighted by atomic mass is 10.1. The van der Waals surface area contributed by atoms with E-state index in [1.54, 1.807) is 6.20 Å². The van der Waals surface area contributed by atoms with Gasteiger partial charge in [0.1, 0.15) is 0 Å². The van der Waals surface area contributed by atoms with Gasteiger partial charge in [-0.1, -0.05) is 35.9 Å². The van der Waals surface area contributed by atoms with E-state index in [0.29, 0.717) is 6.54 Å². The van der Waals surface area contributed by atoms with Crippen molar-refractivity contribution in [2.75, 3.05) is 5.32 Å². The third-order valence-corrected chi connectivity index (χ3v) is 3.24. The van der Waals surface area contributed by atoms with Crippen molar-refractivity contribution in [3.05, 3.63) is 65.2 Å². The van der Waals surface area contributed by atoms with E-state index in [-0.39, 0.29) is 10.8 Å². The van der Waals surface area contributed by atoms with E-state index in [9.17, 15) is 4.39 Å². The molecule has 1 aromatic carbocycles. The number of benzene rings is 1. The highest BCUT2D eigenvalue weighted by Gasteiger charge is 2.04. The second kappa shape index (κ2) is 5.93. The smallest absolute Gasteiger partial charge is 0.166 e. The molecule has 0 bridgehead atoms. The summed E-state index contributed by atoms with van der Waals surface area (Å²) < 4.78 is 13.6. The Morgan fingerprint density at radius 2 is 2.00 bits per heavy atom. The summed E-state index contributed by atoms with van der Waals surface area (Å²) in [6.07, 6.45) is 3.12. The van der Waals surface area contributed by atoms with Crippen LogP contribution >= 0.6 is 11.6 Å². The second-order valence-corrected chi connectivity index (χ2v) is 4.94. The number of halogens is 2. The van der Waals surface area contributed by atoms with Crippen LogP contribution in [0.5, 0.6) is 0 Å². The number of anilines is 1. The van der Waals surface area contributed by atoms with Gasteiger partial charge in [0.05, 0.1) is 10.7 Å². The summed E-state index contributed by atoms with van der Waals surface area (Å²) in [6, 6.07) is 11.0. The third-order valence-electron chi connectivity index (χ3n) is 3.03. The van der Waals surface area contributed by atoms with E-state index in [0.717, 1.165) is 16.8 Å². The van der Waals surface area contributed by atoms with Crippen LogP contribution < -0.4 is 5.32 Å². The molecule has 0 unspecified atom stereocenters. The molecular weight excluding hydrogens is 291 g/mol. The van der Waals surface area contributed by atoms with E-state index in [1.165, 1.54) is 12.3 Å². The fourth-order valence-electron chi connectivity index (χ4n) is 1.95. The summed E-state index contributed by atoms with van der Waals surface area (Å²) in [5.74, 6) is -0.270. The molecule has 3 aromatic rings. The molecule has 0 radical (unpaired) electrons. The van der Waals surface area contributed by atoms with Crippen LogP contribution in [0.25, 0.3) is 11.3 Å². The van der Waals surface area contributed by atoms with Crippen molar-refractivity contribution in [3.63, 3.8) is 0 Å². The number of hydrogen-bond donors (Lipinski definition) is 2. The molecule has 2 heterocycles. The molecule has 21 heavy (non-hydrogen) atoms. The molecule has 0 aliphatic heterocycles. The summed E-state index contributed by atoms with van der Waals surface area (Å²) >= 11 is 5.66. The number of nitrogens with zero attached hydrogens (tertiary/aromatic N) is 2. The molecule has 0 saturated carbocycles. The van der Waals surface area contributed by atoms with Crippen LogP contribution in [-0.4, -0.2) is 15.2 Å². The first-order chi connectivity index (χ1) is 10.2. The SMILES string of the molecule is Fc1cc(Cl)cnc1NCc1ccc(-c2ccn[nH]2)cc1. The van der Waals surface area contributed by atoms with Gasteiger partial charge in [-0.05, 0) is 23.3 Å². The lowest BCUT2D eigenvalue weighted by molar-refractivity contribution is 0.624. The molecule has 0 amide bonds. The summed E-state index contributed by atoms with van der Waals surface area (Å²) in [5.41, 5.74) is 3.03. The number of H-pyrrole nitrogens is 1. The lowest BCUT2D eigenvalue weighted by Gasteiger charge is -2.07. The van der Waals surface area contributed by atoms with Gasteiger partial charge in [0, 0.05) is 18.9 Å². The van der Waals surface area contributed by atoms with Crippen molar-refractivity contribution in [2.24, 2.45) is 0 Å². The Labute approximate surface area is 126 Å². The first-order valence-corrected chi connectivity index (χ1v) is 6.74. The van der Waals surface area contributed by atoms with Crippen molar-refractivity contribution in [1.82, 2.24) is 15.2 Å². The third kappa shape index (κ3) is 3.20. The predicted molar refractivity (Wildman–Crippen MR) is 80.6 cm³/mol. The number of rotatable bonds is 4. The fraction of sp³-hybridized carbons (Fsp3) is 0.0667. The number of pyridine rings is 1. The largest absolute Gasteiger partial charge is 0.364 e. The first kappa shape index (κ1) is 13.6. The molecule has 3 rings (SSSR count). The van der Waals surface area contributed by atoms with Gasteiger partial charge in [0.2, 0.25) is 0 Å². The minimum absolute atomic E-state index is 0.192. The van der Waals surface area contributed by atoms with Crippen molar-refractivity contribution < 1.29 is 4.39 Å². The quantitative estimate of drug-likeness (QED) is 0.769. The number of nitrogens with one attached hydrogen (secondary N) is 2. The molecule has 0 saturated heterocycles. The second-order valence-electron chi connectivity index (χ2n) is 4.50. The van der Waals surface area contributed by atoms with E-state index < -0.39 is 5.82 Å². The lowest BCUT2D eigenvalue weighted by Crippen LogP contribution is -2.03. The van der Waals surface area contributed by atoms with Crippen molar-refractivity contribution >= 4 is 17.4 Å². The van der Waals surface area contributed by atoms with E-state index in [4.69, 9.17) is 11.6 Å². The van der Waals surface area contributed by atoms with Gasteiger partial charge < -0.3 is 5.32 Å². The van der Waals surface area contributed by atoms with Crippen LogP contribution in [0.2, 0.25) is 5.02 Å². The van der Waals surface area contributed by atoms with Crippen LogP contribution in [0.4, 0.5) is 10.2 Å². The van der Waals surface area contributed by atoms with Crippen LogP contribution in [0.1, 0.15) is 5.56 Å². The number of aromatic nitrogens is 3. The van der Waals surface area contributed by atoms with Gasteiger partial charge in [-0.2, -0.15) is 5.10 Å². The van der Waals surface area contributed by atoms with Crippen molar-refractivity contribution in [1.29, 1.82) is 0 Å². The van der Waals surface area contributed by atoms with E-state index >= 15 is 0 Å². The summed E-state index contributed by atoms with van der Waals surface area (Å²) in [4.78, 5) is 3.92. The van der Waals surface area contributed by atoms with Gasteiger partial charge in [0.15, 0.2) is 11.6 Å². The highest BCUT2D eigenvalue weighted by Crippen LogP contribution is 2.19. The van der Waals surface area contributed by atoms with E-state index in [2.05, 4.69) is 20.5 Å². The van der Waals surface area contributed by atoms with Crippen molar-refractivity contribution in [3.8, 4) is 11.3 Å². The molecule has 0 aliphatic carbocycles. The Kier molecular flexibility index (Phi) is 3.83. The average Bonchev–Trinajstić information content (AvgIpc) is 3.01. The standard InChI is InChI=1S/C15H12ClFN4/c16-12-7-13(17)15(19-9-12)18-8-10-1-3-11(4-2-10)14-5-6-20-21-14/h1-7,9H,8H2,(H,18,19)(H,20,21). The summed E-state index contributed by atoms with van der Waals surface area (Å²) in [7, 11) is 0. The van der Waals surface area contributed by atoms with Gasteiger partial charge >= 0.3 is 0 Å². The van der Waals surface area contributed by atoms with Crippen LogP contribution in [0.15, 0.2) is 48.8 Å². The molecule has 0 aliphatic rings. The zero-order valence-electron chi connectivity index (χ0n) is 11.0. The van der Waals surface area contributed by atoms with Gasteiger partial charge in [-0.25, -0.2) is 9.37 Å². The molecular formula is C15H12ClFN4. The fourth-order valence-corrected chi connectivity index (χ4v) is 2.09. The van der Waals surface area contributed by atoms with Gasteiger partial charge in [-0.3, -0.25) is 5.10 Å². The Hall–Kier alpha value is -2.40. The monoisotopic (exact) mass is 302 g/mol. The first-order valence-electron chi connectivity index (χ1n) is 6.36. The maximum atomic E-state index is 13.6. The van der Waals surface area contributed by atoms with Crippen LogP contribution in [-0.2, 0) is 6.54 Å². The maximum absolute atomic E-state index is 13.6. The zero-order valence-corrected chi connectivity index (χ0v) is 11.7. The Bertz CT molecular complexity index is 726. The topological polar surface area (TPSA) is 53.6 Å². The Morgan fingerprint density at radius 3 is 2.67 bits per heavy atom. The zero-order chi connectivity index (χ0) is 14.7. The van der Waals surface area contributed by atoms with Crippen LogP contribution in [0, 0.1) is 5.82 Å². The maximum Gasteiger partial charge on any atom is 0.166 e.